The molecule has 0 radical (unpaired) electrons. The lowest BCUT2D eigenvalue weighted by atomic mass is 10.0. The van der Waals surface area contributed by atoms with E-state index in [-0.39, 0.29) is 69.9 Å². The quantitative estimate of drug-likeness (QED) is 0.0166. The summed E-state index contributed by atoms with van der Waals surface area (Å²) in [6.45, 7) is 0.495. The van der Waals surface area contributed by atoms with Gasteiger partial charge in [-0.3, -0.25) is 52.9 Å². The number of hydrogen-bond acceptors (Lipinski definition) is 14. The van der Waals surface area contributed by atoms with Gasteiger partial charge in [0, 0.05) is 32.4 Å². The highest BCUT2D eigenvalue weighted by Crippen LogP contribution is 2.21. The number of unbranched alkanes of at least 4 members (excludes halogenated alkanes) is 1. The third-order valence-corrected chi connectivity index (χ3v) is 12.8. The molecule has 7 atom stereocenters. The Kier molecular flexibility index (Phi) is 25.4. The second-order valence-corrected chi connectivity index (χ2v) is 19.0. The molecule has 79 heavy (non-hydrogen) atoms. The summed E-state index contributed by atoms with van der Waals surface area (Å²) in [4.78, 5) is 141. The molecule has 3 aromatic rings. The number of phenolic OH excluding ortho intramolecular Hbond substituents is 1. The SMILES string of the molecule is COc1ccc(C[C@@H](NC(=O)Cc2ccc(O)cc2)C(=O)N[C@@H](Cc2ccccc2)C(=O)N[C@@H](CCC(N)=O)C(=O)N[C@@H](CC(N)=O)C(=O)N[C@@H](CCCCN)C(=O)N2CCC[C@H]2C(=O)N[C@@H](CCCN=C(N)N)C(N)=O)cc1. The second-order valence-electron chi connectivity index (χ2n) is 19.0. The van der Waals surface area contributed by atoms with Crippen molar-refractivity contribution in [3.05, 3.63) is 95.6 Å². The molecule has 428 valence electrons. The summed E-state index contributed by atoms with van der Waals surface area (Å²) in [5.41, 5.74) is 34.9. The van der Waals surface area contributed by atoms with E-state index < -0.39 is 121 Å². The van der Waals surface area contributed by atoms with Crippen molar-refractivity contribution in [2.45, 2.75) is 126 Å². The minimum atomic E-state index is -1.76. The fourth-order valence-corrected chi connectivity index (χ4v) is 8.68. The number of carbonyl (C=O) groups excluding carboxylic acids is 10. The molecule has 10 amide bonds. The molecule has 0 aliphatic carbocycles. The van der Waals surface area contributed by atoms with Gasteiger partial charge in [-0.1, -0.05) is 54.6 Å². The number of carbonyl (C=O) groups is 10. The Labute approximate surface area is 457 Å². The number of ether oxygens (including phenoxy) is 1. The van der Waals surface area contributed by atoms with E-state index in [0.29, 0.717) is 48.1 Å². The fraction of sp³-hybridized carbons (Fsp3) is 0.453. The largest absolute Gasteiger partial charge is 0.508 e. The molecule has 0 spiro atoms. The molecule has 3 aromatic carbocycles. The lowest BCUT2D eigenvalue weighted by Gasteiger charge is -2.31. The van der Waals surface area contributed by atoms with Gasteiger partial charge in [-0.2, -0.15) is 0 Å². The van der Waals surface area contributed by atoms with Gasteiger partial charge >= 0.3 is 0 Å². The van der Waals surface area contributed by atoms with Crippen molar-refractivity contribution < 1.29 is 57.8 Å². The average molecular weight is 1100 g/mol. The van der Waals surface area contributed by atoms with Gasteiger partial charge in [0.1, 0.15) is 53.8 Å². The molecule has 26 heteroatoms. The molecule has 1 fully saturated rings. The van der Waals surface area contributed by atoms with Crippen molar-refractivity contribution in [2.75, 3.05) is 26.7 Å². The average Bonchev–Trinajstić information content (AvgIpc) is 3.92. The molecule has 26 nitrogen and oxygen atoms in total. The number of hydrogen-bond donors (Lipinski definition) is 13. The van der Waals surface area contributed by atoms with E-state index in [4.69, 9.17) is 39.1 Å². The zero-order valence-corrected chi connectivity index (χ0v) is 44.2. The number of guanidine groups is 1. The van der Waals surface area contributed by atoms with Gasteiger partial charge in [0.2, 0.25) is 59.1 Å². The number of phenols is 1. The van der Waals surface area contributed by atoms with Crippen LogP contribution in [0, 0.1) is 0 Å². The van der Waals surface area contributed by atoms with E-state index in [0.717, 1.165) is 0 Å². The van der Waals surface area contributed by atoms with Crippen LogP contribution >= 0.6 is 0 Å². The highest BCUT2D eigenvalue weighted by Gasteiger charge is 2.40. The lowest BCUT2D eigenvalue weighted by molar-refractivity contribution is -0.142. The van der Waals surface area contributed by atoms with Gasteiger partial charge in [-0.05, 0) is 98.9 Å². The van der Waals surface area contributed by atoms with Crippen molar-refractivity contribution in [3.63, 3.8) is 0 Å². The predicted octanol–water partition coefficient (Wildman–Crippen LogP) is -2.86. The Balaban J connectivity index is 1.58. The molecule has 1 aliphatic rings. The van der Waals surface area contributed by atoms with Gasteiger partial charge < -0.3 is 81.0 Å². The summed E-state index contributed by atoms with van der Waals surface area (Å²) >= 11 is 0. The van der Waals surface area contributed by atoms with Gasteiger partial charge in [0.05, 0.1) is 20.0 Å². The summed E-state index contributed by atoms with van der Waals surface area (Å²) in [6.07, 6.45) is -0.302. The van der Waals surface area contributed by atoms with Crippen molar-refractivity contribution in [1.82, 2.24) is 36.8 Å². The predicted molar refractivity (Wildman–Crippen MR) is 289 cm³/mol. The van der Waals surface area contributed by atoms with Crippen LogP contribution in [0.25, 0.3) is 0 Å². The Morgan fingerprint density at radius 3 is 1.77 bits per heavy atom. The van der Waals surface area contributed by atoms with Crippen LogP contribution in [-0.4, -0.2) is 144 Å². The Morgan fingerprint density at radius 1 is 0.620 bits per heavy atom. The van der Waals surface area contributed by atoms with Crippen LogP contribution in [0.1, 0.15) is 80.9 Å². The molecule has 1 saturated heterocycles. The summed E-state index contributed by atoms with van der Waals surface area (Å²) in [7, 11) is 1.49. The molecule has 0 aromatic heterocycles. The van der Waals surface area contributed by atoms with E-state index in [2.05, 4.69) is 36.9 Å². The van der Waals surface area contributed by atoms with Crippen LogP contribution in [0.2, 0.25) is 0 Å². The first-order valence-corrected chi connectivity index (χ1v) is 25.9. The monoisotopic (exact) mass is 1100 g/mol. The number of primary amides is 3. The number of aromatic hydroxyl groups is 1. The Bertz CT molecular complexity index is 2600. The van der Waals surface area contributed by atoms with Gasteiger partial charge in [-0.15, -0.1) is 0 Å². The standard InChI is InChI=1S/C53H74N14O12/c1-79-35-20-16-32(17-21-35)28-39(61-45(71)29-33-14-18-34(68)19-15-33)48(74)65-40(27-31-9-3-2-4-10-31)49(75)63-37(22-23-43(55)69)47(73)66-41(30-44(56)70)50(76)64-38(11-5-6-24-54)52(78)67-26-8-13-42(67)51(77)62-36(46(57)72)12-7-25-60-53(58)59/h2-4,9-10,14-21,36-42,68H,5-8,11-13,22-30,54H2,1H3,(H2,55,69)(H2,56,70)(H2,57,72)(H,61,71)(H,62,77)(H,63,75)(H,64,76)(H,65,74)(H,66,73)(H4,58,59,60)/t36-,37-,38-,39+,40-,41-,42-/m0/s1. The van der Waals surface area contributed by atoms with E-state index in [1.807, 2.05) is 0 Å². The molecule has 0 saturated carbocycles. The molecule has 0 unspecified atom stereocenters. The first kappa shape index (κ1) is 62.7. The first-order valence-electron chi connectivity index (χ1n) is 25.9. The number of nitrogens with two attached hydrogens (primary N) is 6. The van der Waals surface area contributed by atoms with Crippen molar-refractivity contribution in [1.29, 1.82) is 0 Å². The van der Waals surface area contributed by atoms with E-state index in [1.165, 1.54) is 24.1 Å². The number of rotatable bonds is 33. The second kappa shape index (κ2) is 32.1. The number of amides is 10. The van der Waals surface area contributed by atoms with Crippen LogP contribution < -0.4 is 71.0 Å². The maximum absolute atomic E-state index is 14.5. The van der Waals surface area contributed by atoms with Crippen LogP contribution in [0.3, 0.4) is 0 Å². The molecule has 1 aliphatic heterocycles. The van der Waals surface area contributed by atoms with E-state index in [1.54, 1.807) is 66.7 Å². The van der Waals surface area contributed by atoms with Crippen LogP contribution in [-0.2, 0) is 67.2 Å². The zero-order chi connectivity index (χ0) is 58.0. The topological polar surface area (TPSA) is 444 Å². The number of nitrogens with zero attached hydrogens (tertiary/aromatic N) is 2. The molecule has 19 N–H and O–H groups in total. The smallest absolute Gasteiger partial charge is 0.245 e. The minimum absolute atomic E-state index is 0.00736. The summed E-state index contributed by atoms with van der Waals surface area (Å²) < 4.78 is 5.27. The Hall–Kier alpha value is -8.81. The molecule has 1 heterocycles. The van der Waals surface area contributed by atoms with Gasteiger partial charge in [0.25, 0.3) is 0 Å². The van der Waals surface area contributed by atoms with Gasteiger partial charge in [0.15, 0.2) is 5.96 Å². The van der Waals surface area contributed by atoms with Crippen molar-refractivity contribution in [3.8, 4) is 11.5 Å². The normalized spacial score (nSPS) is 15.1. The minimum Gasteiger partial charge on any atom is -0.508 e. The maximum atomic E-state index is 14.5. The first-order chi connectivity index (χ1) is 37.7. The summed E-state index contributed by atoms with van der Waals surface area (Å²) in [5, 5.41) is 25.4. The van der Waals surface area contributed by atoms with Crippen molar-refractivity contribution >= 4 is 65.0 Å². The van der Waals surface area contributed by atoms with Gasteiger partial charge in [-0.25, -0.2) is 0 Å². The van der Waals surface area contributed by atoms with Crippen LogP contribution in [0.4, 0.5) is 0 Å². The number of benzene rings is 3. The number of aliphatic imine (C=N–C) groups is 1. The third kappa shape index (κ3) is 21.6. The molecule has 4 rings (SSSR count). The molecular weight excluding hydrogens is 1020 g/mol. The molecule has 0 bridgehead atoms. The molecular formula is C53H74N14O12. The summed E-state index contributed by atoms with van der Waals surface area (Å²) in [6, 6.07) is 11.6. The zero-order valence-electron chi connectivity index (χ0n) is 44.2. The highest BCUT2D eigenvalue weighted by atomic mass is 16.5. The lowest BCUT2D eigenvalue weighted by Crippen LogP contribution is -2.60. The van der Waals surface area contributed by atoms with E-state index in [9.17, 15) is 53.1 Å². The number of nitrogens with one attached hydrogen (secondary N) is 6. The van der Waals surface area contributed by atoms with E-state index >= 15 is 0 Å². The number of likely N-dealkylation sites (tertiary alicyclic amines) is 1. The fourth-order valence-electron chi connectivity index (χ4n) is 8.68. The van der Waals surface area contributed by atoms with Crippen LogP contribution in [0.15, 0.2) is 83.9 Å². The third-order valence-electron chi connectivity index (χ3n) is 12.8. The number of methoxy groups -OCH3 is 1. The Morgan fingerprint density at radius 2 is 1.18 bits per heavy atom. The van der Waals surface area contributed by atoms with Crippen molar-refractivity contribution in [2.24, 2.45) is 39.4 Å². The highest BCUT2D eigenvalue weighted by molar-refractivity contribution is 5.99. The maximum Gasteiger partial charge on any atom is 0.245 e. The van der Waals surface area contributed by atoms with Crippen LogP contribution in [0.5, 0.6) is 11.5 Å². The summed E-state index contributed by atoms with van der Waals surface area (Å²) in [5.74, 6) is -8.11.